The predicted octanol–water partition coefficient (Wildman–Crippen LogP) is 4.44. The molecule has 0 aliphatic rings. The van der Waals surface area contributed by atoms with Gasteiger partial charge in [-0.25, -0.2) is 8.42 Å². The normalized spacial score (nSPS) is 11.0. The number of benzene rings is 3. The molecule has 0 aromatic heterocycles. The van der Waals surface area contributed by atoms with E-state index in [9.17, 15) is 13.2 Å². The lowest BCUT2D eigenvalue weighted by Gasteiger charge is -2.10. The first-order chi connectivity index (χ1) is 13.9. The molecule has 3 rings (SSSR count). The number of anilines is 2. The van der Waals surface area contributed by atoms with Crippen molar-refractivity contribution in [3.05, 3.63) is 82.8 Å². The fourth-order valence-corrected chi connectivity index (χ4v) is 3.91. The number of rotatable bonds is 7. The average molecular weight is 475 g/mol. The van der Waals surface area contributed by atoms with Crippen molar-refractivity contribution in [2.45, 2.75) is 11.3 Å². The van der Waals surface area contributed by atoms with E-state index in [1.807, 2.05) is 12.1 Å². The van der Waals surface area contributed by atoms with Crippen molar-refractivity contribution in [2.75, 3.05) is 17.1 Å². The molecule has 6 nitrogen and oxygen atoms in total. The Bertz CT molecular complexity index is 1080. The van der Waals surface area contributed by atoms with Gasteiger partial charge in [-0.15, -0.1) is 0 Å². The van der Waals surface area contributed by atoms with Crippen LogP contribution in [0, 0.1) is 0 Å². The number of amides is 1. The molecular weight excluding hydrogens is 456 g/mol. The highest BCUT2D eigenvalue weighted by Gasteiger charge is 2.14. The number of methoxy groups -OCH3 is 1. The van der Waals surface area contributed by atoms with Gasteiger partial charge in [0.25, 0.3) is 10.0 Å². The molecule has 0 bridgehead atoms. The third kappa shape index (κ3) is 5.82. The molecule has 150 valence electrons. The molecule has 8 heteroatoms. The van der Waals surface area contributed by atoms with Crippen molar-refractivity contribution >= 4 is 43.2 Å². The summed E-state index contributed by atoms with van der Waals surface area (Å²) in [4.78, 5) is 12.3. The molecule has 29 heavy (non-hydrogen) atoms. The van der Waals surface area contributed by atoms with Crippen LogP contribution in [0.15, 0.2) is 82.2 Å². The van der Waals surface area contributed by atoms with Crippen LogP contribution in [0.4, 0.5) is 11.4 Å². The van der Waals surface area contributed by atoms with Crippen LogP contribution in [0.5, 0.6) is 5.75 Å². The standard InChI is InChI=1S/C21H19BrN2O4S/c1-28-19-10-2-15(3-11-19)14-21(25)23-17-8-12-20(13-9-17)29(26,27)24-18-6-4-16(22)5-7-18/h2-13,24H,14H2,1H3,(H,23,25). The van der Waals surface area contributed by atoms with Crippen LogP contribution >= 0.6 is 15.9 Å². The Balaban J connectivity index is 1.62. The molecule has 0 radical (unpaired) electrons. The Morgan fingerprint density at radius 3 is 2.07 bits per heavy atom. The molecule has 0 saturated heterocycles. The summed E-state index contributed by atoms with van der Waals surface area (Å²) in [6.45, 7) is 0. The highest BCUT2D eigenvalue weighted by atomic mass is 79.9. The molecule has 0 aliphatic heterocycles. The molecule has 2 N–H and O–H groups in total. The molecule has 0 aliphatic carbocycles. The first kappa shape index (κ1) is 20.9. The summed E-state index contributed by atoms with van der Waals surface area (Å²) >= 11 is 3.31. The van der Waals surface area contributed by atoms with E-state index < -0.39 is 10.0 Å². The molecular formula is C21H19BrN2O4S. The third-order valence-electron chi connectivity index (χ3n) is 4.07. The first-order valence-electron chi connectivity index (χ1n) is 8.67. The van der Waals surface area contributed by atoms with Gasteiger partial charge in [0.1, 0.15) is 5.75 Å². The van der Waals surface area contributed by atoms with E-state index in [0.717, 1.165) is 15.8 Å². The molecule has 0 spiro atoms. The van der Waals surface area contributed by atoms with Crippen LogP contribution in [0.3, 0.4) is 0 Å². The van der Waals surface area contributed by atoms with Crippen molar-refractivity contribution in [1.29, 1.82) is 0 Å². The maximum atomic E-state index is 12.5. The summed E-state index contributed by atoms with van der Waals surface area (Å²) in [5.74, 6) is 0.529. The number of hydrogen-bond acceptors (Lipinski definition) is 4. The summed E-state index contributed by atoms with van der Waals surface area (Å²) in [5, 5.41) is 2.76. The second-order valence-electron chi connectivity index (χ2n) is 6.21. The maximum Gasteiger partial charge on any atom is 0.261 e. The molecule has 0 heterocycles. The SMILES string of the molecule is COc1ccc(CC(=O)Nc2ccc(S(=O)(=O)Nc3ccc(Br)cc3)cc2)cc1. The zero-order valence-corrected chi connectivity index (χ0v) is 18.0. The van der Waals surface area contributed by atoms with Crippen molar-refractivity contribution in [3.63, 3.8) is 0 Å². The first-order valence-corrected chi connectivity index (χ1v) is 10.9. The van der Waals surface area contributed by atoms with Gasteiger partial charge in [-0.3, -0.25) is 9.52 Å². The van der Waals surface area contributed by atoms with Gasteiger partial charge in [0.05, 0.1) is 18.4 Å². The van der Waals surface area contributed by atoms with Crippen LogP contribution in [0.2, 0.25) is 0 Å². The smallest absolute Gasteiger partial charge is 0.261 e. The molecule has 1 amide bonds. The molecule has 0 atom stereocenters. The van der Waals surface area contributed by atoms with Gasteiger partial charge in [-0.1, -0.05) is 28.1 Å². The number of sulfonamides is 1. The Morgan fingerprint density at radius 2 is 1.48 bits per heavy atom. The zero-order valence-electron chi connectivity index (χ0n) is 15.6. The zero-order chi connectivity index (χ0) is 20.9. The van der Waals surface area contributed by atoms with E-state index in [1.54, 1.807) is 55.6 Å². The Labute approximate surface area is 178 Å². The molecule has 0 fully saturated rings. The number of nitrogens with one attached hydrogen (secondary N) is 2. The van der Waals surface area contributed by atoms with Gasteiger partial charge in [0.2, 0.25) is 5.91 Å². The van der Waals surface area contributed by atoms with Gasteiger partial charge >= 0.3 is 0 Å². The minimum Gasteiger partial charge on any atom is -0.497 e. The Hall–Kier alpha value is -2.84. The number of carbonyl (C=O) groups is 1. The van der Waals surface area contributed by atoms with Crippen LogP contribution in [-0.4, -0.2) is 21.4 Å². The van der Waals surface area contributed by atoms with E-state index >= 15 is 0 Å². The van der Waals surface area contributed by atoms with Crippen LogP contribution in [0.1, 0.15) is 5.56 Å². The van der Waals surface area contributed by atoms with E-state index in [2.05, 4.69) is 26.0 Å². The monoisotopic (exact) mass is 474 g/mol. The lowest BCUT2D eigenvalue weighted by atomic mass is 10.1. The Kier molecular flexibility index (Phi) is 6.56. The summed E-state index contributed by atoms with van der Waals surface area (Å²) in [6, 6.07) is 20.1. The summed E-state index contributed by atoms with van der Waals surface area (Å²) in [7, 11) is -2.13. The summed E-state index contributed by atoms with van der Waals surface area (Å²) in [5.41, 5.74) is 1.83. The van der Waals surface area contributed by atoms with Gasteiger partial charge in [-0.05, 0) is 66.2 Å². The van der Waals surface area contributed by atoms with E-state index in [-0.39, 0.29) is 17.2 Å². The quantitative estimate of drug-likeness (QED) is 0.529. The van der Waals surface area contributed by atoms with Crippen LogP contribution in [0.25, 0.3) is 0 Å². The van der Waals surface area contributed by atoms with Gasteiger partial charge in [0.15, 0.2) is 0 Å². The van der Waals surface area contributed by atoms with Crippen LogP contribution < -0.4 is 14.8 Å². The predicted molar refractivity (Wildman–Crippen MR) is 117 cm³/mol. The number of halogens is 1. The second-order valence-corrected chi connectivity index (χ2v) is 8.81. The van der Waals surface area contributed by atoms with Crippen molar-refractivity contribution < 1.29 is 17.9 Å². The number of ether oxygens (including phenoxy) is 1. The summed E-state index contributed by atoms with van der Waals surface area (Å²) in [6.07, 6.45) is 0.204. The van der Waals surface area contributed by atoms with E-state index in [0.29, 0.717) is 11.4 Å². The minimum atomic E-state index is -3.72. The second kappa shape index (κ2) is 9.11. The fourth-order valence-electron chi connectivity index (χ4n) is 2.58. The van der Waals surface area contributed by atoms with Gasteiger partial charge < -0.3 is 10.1 Å². The lowest BCUT2D eigenvalue weighted by molar-refractivity contribution is -0.115. The van der Waals surface area contributed by atoms with Crippen molar-refractivity contribution in [2.24, 2.45) is 0 Å². The maximum absolute atomic E-state index is 12.5. The average Bonchev–Trinajstić information content (AvgIpc) is 2.70. The van der Waals surface area contributed by atoms with Crippen molar-refractivity contribution in [1.82, 2.24) is 0 Å². The lowest BCUT2D eigenvalue weighted by Crippen LogP contribution is -2.15. The van der Waals surface area contributed by atoms with E-state index in [1.165, 1.54) is 12.1 Å². The largest absolute Gasteiger partial charge is 0.497 e. The Morgan fingerprint density at radius 1 is 0.897 bits per heavy atom. The van der Waals surface area contributed by atoms with Gasteiger partial charge in [-0.2, -0.15) is 0 Å². The number of hydrogen-bond donors (Lipinski definition) is 2. The highest BCUT2D eigenvalue weighted by molar-refractivity contribution is 9.10. The summed E-state index contributed by atoms with van der Waals surface area (Å²) < 4.78 is 33.5. The van der Waals surface area contributed by atoms with E-state index in [4.69, 9.17) is 4.74 Å². The fraction of sp³-hybridized carbons (Fsp3) is 0.0952. The molecule has 3 aromatic carbocycles. The van der Waals surface area contributed by atoms with Crippen LogP contribution in [-0.2, 0) is 21.2 Å². The number of carbonyl (C=O) groups excluding carboxylic acids is 1. The molecule has 0 unspecified atom stereocenters. The van der Waals surface area contributed by atoms with Crippen molar-refractivity contribution in [3.8, 4) is 5.75 Å². The van der Waals surface area contributed by atoms with Gasteiger partial charge in [0, 0.05) is 15.8 Å². The highest BCUT2D eigenvalue weighted by Crippen LogP contribution is 2.20. The molecule has 0 saturated carbocycles. The third-order valence-corrected chi connectivity index (χ3v) is 5.99. The molecule has 3 aromatic rings. The minimum absolute atomic E-state index is 0.105. The topological polar surface area (TPSA) is 84.5 Å².